The summed E-state index contributed by atoms with van der Waals surface area (Å²) >= 11 is 1.67. The van der Waals surface area contributed by atoms with Crippen molar-refractivity contribution in [3.05, 3.63) is 30.0 Å². The lowest BCUT2D eigenvalue weighted by molar-refractivity contribution is 0.313. The number of hydrogen-bond acceptors (Lipinski definition) is 7. The molecule has 1 aliphatic rings. The molecule has 0 atom stereocenters. The van der Waals surface area contributed by atoms with E-state index in [1.54, 1.807) is 11.3 Å². The van der Waals surface area contributed by atoms with E-state index in [1.165, 1.54) is 6.20 Å². The van der Waals surface area contributed by atoms with Gasteiger partial charge in [0.25, 0.3) is 0 Å². The first kappa shape index (κ1) is 15.3. The van der Waals surface area contributed by atoms with Crippen LogP contribution in [0.25, 0.3) is 10.2 Å². The van der Waals surface area contributed by atoms with Crippen LogP contribution in [0.4, 0.5) is 10.8 Å². The fourth-order valence-electron chi connectivity index (χ4n) is 2.38. The molecule has 1 fully saturated rings. The molecule has 0 amide bonds. The first-order chi connectivity index (χ1) is 11.2. The second-order valence-electron chi connectivity index (χ2n) is 5.40. The van der Waals surface area contributed by atoms with Crippen LogP contribution in [0.5, 0.6) is 0 Å². The summed E-state index contributed by atoms with van der Waals surface area (Å²) in [5.41, 5.74) is 1.86. The highest BCUT2D eigenvalue weighted by molar-refractivity contribution is 7.22. The fourth-order valence-corrected chi connectivity index (χ4v) is 3.44. The van der Waals surface area contributed by atoms with Gasteiger partial charge in [-0.15, -0.1) is 0 Å². The van der Waals surface area contributed by atoms with E-state index in [0.717, 1.165) is 47.2 Å². The van der Waals surface area contributed by atoms with Gasteiger partial charge in [0.1, 0.15) is 17.7 Å². The molecule has 0 saturated carbocycles. The van der Waals surface area contributed by atoms with Gasteiger partial charge in [0.05, 0.1) is 10.2 Å². The van der Waals surface area contributed by atoms with E-state index in [2.05, 4.69) is 22.2 Å². The first-order valence-corrected chi connectivity index (χ1v) is 8.12. The zero-order chi connectivity index (χ0) is 16.2. The van der Waals surface area contributed by atoms with Crippen molar-refractivity contribution < 1.29 is 0 Å². The van der Waals surface area contributed by atoms with Gasteiger partial charge in [0.2, 0.25) is 0 Å². The predicted molar refractivity (Wildman–Crippen MR) is 92.3 cm³/mol. The molecule has 116 valence electrons. The lowest BCUT2D eigenvalue weighted by Gasteiger charge is -2.31. The molecular weight excluding hydrogens is 308 g/mol. The topological polar surface area (TPSA) is 79.0 Å². The molecule has 1 aromatic carbocycles. The van der Waals surface area contributed by atoms with Crippen molar-refractivity contribution in [3.8, 4) is 12.1 Å². The van der Waals surface area contributed by atoms with Crippen LogP contribution < -0.4 is 10.2 Å². The van der Waals surface area contributed by atoms with Crippen molar-refractivity contribution in [3.63, 3.8) is 0 Å². The molecular formula is C16H16N6S. The summed E-state index contributed by atoms with van der Waals surface area (Å²) in [6.45, 7) is 4.10. The number of likely N-dealkylation sites (N-methyl/N-ethyl adjacent to an activating group) is 1. The number of allylic oxidation sites excluding steroid dienone is 1. The number of benzene rings is 1. The van der Waals surface area contributed by atoms with Crippen LogP contribution in [0.15, 0.2) is 30.0 Å². The van der Waals surface area contributed by atoms with Gasteiger partial charge in [0, 0.05) is 38.1 Å². The van der Waals surface area contributed by atoms with Gasteiger partial charge < -0.3 is 15.1 Å². The van der Waals surface area contributed by atoms with Crippen molar-refractivity contribution in [1.82, 2.24) is 9.88 Å². The third-order valence-electron chi connectivity index (χ3n) is 3.78. The molecule has 3 rings (SSSR count). The number of nitrogens with zero attached hydrogens (tertiary/aromatic N) is 5. The highest BCUT2D eigenvalue weighted by atomic mass is 32.1. The minimum Gasteiger partial charge on any atom is -0.360 e. The summed E-state index contributed by atoms with van der Waals surface area (Å²) in [5.74, 6) is 0. The van der Waals surface area contributed by atoms with Gasteiger partial charge in [-0.1, -0.05) is 11.3 Å². The number of nitrogens with one attached hydrogen (secondary N) is 1. The Morgan fingerprint density at radius 2 is 2.00 bits per heavy atom. The van der Waals surface area contributed by atoms with Crippen LogP contribution in [0.2, 0.25) is 0 Å². The molecule has 1 aromatic heterocycles. The van der Waals surface area contributed by atoms with Crippen molar-refractivity contribution >= 4 is 32.4 Å². The number of hydrogen-bond donors (Lipinski definition) is 1. The Balaban J connectivity index is 1.80. The van der Waals surface area contributed by atoms with Crippen molar-refractivity contribution in [1.29, 1.82) is 10.5 Å². The molecule has 0 spiro atoms. The first-order valence-electron chi connectivity index (χ1n) is 7.30. The van der Waals surface area contributed by atoms with Gasteiger partial charge in [-0.2, -0.15) is 10.5 Å². The average molecular weight is 324 g/mol. The van der Waals surface area contributed by atoms with Crippen molar-refractivity contribution in [2.75, 3.05) is 43.4 Å². The van der Waals surface area contributed by atoms with E-state index < -0.39 is 0 Å². The summed E-state index contributed by atoms with van der Waals surface area (Å²) in [6.07, 6.45) is 1.42. The molecule has 6 nitrogen and oxygen atoms in total. The predicted octanol–water partition coefficient (Wildman–Crippen LogP) is 2.39. The van der Waals surface area contributed by atoms with Gasteiger partial charge >= 0.3 is 0 Å². The zero-order valence-corrected chi connectivity index (χ0v) is 13.6. The molecule has 1 saturated heterocycles. The molecule has 0 unspecified atom stereocenters. The summed E-state index contributed by atoms with van der Waals surface area (Å²) in [7, 11) is 2.14. The van der Waals surface area contributed by atoms with Crippen LogP contribution in [0.3, 0.4) is 0 Å². The summed E-state index contributed by atoms with van der Waals surface area (Å²) in [6, 6.07) is 9.51. The standard InChI is InChI=1S/C16H16N6S/c1-21-4-6-22(7-5-21)16-20-14-3-2-13(8-15(14)23-16)19-11-12(9-17)10-18/h2-3,8,11,19H,4-7H2,1H3. The average Bonchev–Trinajstić information content (AvgIpc) is 2.99. The Bertz CT molecular complexity index is 801. The van der Waals surface area contributed by atoms with E-state index in [-0.39, 0.29) is 5.57 Å². The number of anilines is 2. The third-order valence-corrected chi connectivity index (χ3v) is 4.85. The normalized spacial score (nSPS) is 15.0. The Morgan fingerprint density at radius 1 is 1.26 bits per heavy atom. The van der Waals surface area contributed by atoms with Gasteiger partial charge in [-0.25, -0.2) is 4.98 Å². The number of piperazine rings is 1. The van der Waals surface area contributed by atoms with Crippen LogP contribution in [0, 0.1) is 22.7 Å². The minimum absolute atomic E-state index is 0.0486. The van der Waals surface area contributed by atoms with Gasteiger partial charge in [0.15, 0.2) is 5.13 Å². The molecule has 0 radical (unpaired) electrons. The Morgan fingerprint density at radius 3 is 2.70 bits per heavy atom. The number of aromatic nitrogens is 1. The third kappa shape index (κ3) is 3.42. The number of fused-ring (bicyclic) bond motifs is 1. The lowest BCUT2D eigenvalue weighted by atomic mass is 10.3. The van der Waals surface area contributed by atoms with Crippen LogP contribution in [0.1, 0.15) is 0 Å². The maximum atomic E-state index is 8.74. The molecule has 1 aliphatic heterocycles. The van der Waals surface area contributed by atoms with Crippen LogP contribution in [-0.2, 0) is 0 Å². The Kier molecular flexibility index (Phi) is 4.42. The number of thiazole rings is 1. The molecule has 2 heterocycles. The zero-order valence-electron chi connectivity index (χ0n) is 12.8. The van der Waals surface area contributed by atoms with E-state index in [4.69, 9.17) is 15.5 Å². The second kappa shape index (κ2) is 6.66. The van der Waals surface area contributed by atoms with E-state index in [0.29, 0.717) is 0 Å². The van der Waals surface area contributed by atoms with Crippen LogP contribution >= 0.6 is 11.3 Å². The molecule has 23 heavy (non-hydrogen) atoms. The SMILES string of the molecule is CN1CCN(c2nc3ccc(NC=C(C#N)C#N)cc3s2)CC1. The van der Waals surface area contributed by atoms with Crippen molar-refractivity contribution in [2.24, 2.45) is 0 Å². The molecule has 1 N–H and O–H groups in total. The van der Waals surface area contributed by atoms with E-state index in [1.807, 2.05) is 30.3 Å². The van der Waals surface area contributed by atoms with Gasteiger partial charge in [-0.05, 0) is 25.2 Å². The summed E-state index contributed by atoms with van der Waals surface area (Å²) < 4.78 is 1.09. The maximum absolute atomic E-state index is 8.74. The number of nitriles is 2. The molecule has 0 aliphatic carbocycles. The highest BCUT2D eigenvalue weighted by Crippen LogP contribution is 2.31. The Labute approximate surface area is 138 Å². The number of rotatable bonds is 3. The van der Waals surface area contributed by atoms with Crippen molar-refractivity contribution in [2.45, 2.75) is 0 Å². The molecule has 7 heteroatoms. The quantitative estimate of drug-likeness (QED) is 0.873. The second-order valence-corrected chi connectivity index (χ2v) is 6.40. The van der Waals surface area contributed by atoms with E-state index >= 15 is 0 Å². The minimum atomic E-state index is 0.0486. The molecule has 0 bridgehead atoms. The Hall–Kier alpha value is -2.61. The van der Waals surface area contributed by atoms with E-state index in [9.17, 15) is 0 Å². The molecule has 2 aromatic rings. The maximum Gasteiger partial charge on any atom is 0.186 e. The summed E-state index contributed by atoms with van der Waals surface area (Å²) in [4.78, 5) is 9.35. The highest BCUT2D eigenvalue weighted by Gasteiger charge is 2.17. The lowest BCUT2D eigenvalue weighted by Crippen LogP contribution is -2.44. The fraction of sp³-hybridized carbons (Fsp3) is 0.312. The largest absolute Gasteiger partial charge is 0.360 e. The summed E-state index contributed by atoms with van der Waals surface area (Å²) in [5, 5.41) is 21.5. The monoisotopic (exact) mass is 324 g/mol. The smallest absolute Gasteiger partial charge is 0.186 e. The van der Waals surface area contributed by atoms with Crippen LogP contribution in [-0.4, -0.2) is 43.1 Å². The van der Waals surface area contributed by atoms with Gasteiger partial charge in [-0.3, -0.25) is 0 Å².